The third-order valence-corrected chi connectivity index (χ3v) is 6.42. The summed E-state index contributed by atoms with van der Waals surface area (Å²) in [6.07, 6.45) is 5.71. The van der Waals surface area contributed by atoms with Gasteiger partial charge in [-0.1, -0.05) is 41.7 Å². The van der Waals surface area contributed by atoms with E-state index in [0.29, 0.717) is 23.4 Å². The van der Waals surface area contributed by atoms with Gasteiger partial charge in [-0.3, -0.25) is 4.90 Å². The molecule has 3 heterocycles. The van der Waals surface area contributed by atoms with Gasteiger partial charge in [0.05, 0.1) is 0 Å². The van der Waals surface area contributed by atoms with Crippen molar-refractivity contribution in [2.24, 2.45) is 0 Å². The highest BCUT2D eigenvalue weighted by Gasteiger charge is 2.20. The molecular formula is C24H24N4O2S. The molecule has 2 aromatic heterocycles. The number of ether oxygens (including phenoxy) is 2. The molecule has 4 aromatic rings. The van der Waals surface area contributed by atoms with E-state index in [4.69, 9.17) is 9.47 Å². The number of benzene rings is 2. The first-order valence-electron chi connectivity index (χ1n) is 10.6. The third-order valence-electron chi connectivity index (χ3n) is 5.59. The number of thiazole rings is 1. The van der Waals surface area contributed by atoms with Gasteiger partial charge in [-0.05, 0) is 61.7 Å². The second-order valence-corrected chi connectivity index (χ2v) is 8.55. The van der Waals surface area contributed by atoms with E-state index in [1.807, 2.05) is 24.3 Å². The van der Waals surface area contributed by atoms with Gasteiger partial charge in [-0.15, -0.1) is 0 Å². The highest BCUT2D eigenvalue weighted by Crippen LogP contribution is 2.30. The van der Waals surface area contributed by atoms with Crippen LogP contribution in [0.5, 0.6) is 16.7 Å². The van der Waals surface area contributed by atoms with E-state index in [1.165, 1.54) is 29.7 Å². The molecule has 1 saturated heterocycles. The summed E-state index contributed by atoms with van der Waals surface area (Å²) in [6, 6.07) is 18.5. The van der Waals surface area contributed by atoms with Gasteiger partial charge < -0.3 is 9.47 Å². The molecule has 2 aromatic carbocycles. The minimum absolute atomic E-state index is 0.536. The van der Waals surface area contributed by atoms with Crippen molar-refractivity contribution in [3.05, 3.63) is 72.6 Å². The van der Waals surface area contributed by atoms with Gasteiger partial charge in [0.2, 0.25) is 0 Å². The van der Waals surface area contributed by atoms with Crippen LogP contribution >= 0.6 is 11.3 Å². The molecule has 0 aliphatic carbocycles. The Morgan fingerprint density at radius 2 is 1.65 bits per heavy atom. The molecule has 0 amide bonds. The van der Waals surface area contributed by atoms with Crippen LogP contribution in [0.15, 0.2) is 67.0 Å². The second kappa shape index (κ2) is 9.41. The predicted octanol–water partition coefficient (Wildman–Crippen LogP) is 5.14. The van der Waals surface area contributed by atoms with Gasteiger partial charge in [0, 0.05) is 18.9 Å². The maximum Gasteiger partial charge on any atom is 0.282 e. The molecule has 0 atom stereocenters. The van der Waals surface area contributed by atoms with E-state index in [0.717, 1.165) is 36.0 Å². The summed E-state index contributed by atoms with van der Waals surface area (Å²) in [7, 11) is 0. The van der Waals surface area contributed by atoms with Crippen molar-refractivity contribution in [3.8, 4) is 16.7 Å². The number of piperidine rings is 1. The number of hydrogen-bond donors (Lipinski definition) is 0. The summed E-state index contributed by atoms with van der Waals surface area (Å²) in [5.41, 5.74) is 2.08. The smallest absolute Gasteiger partial charge is 0.282 e. The molecule has 7 heteroatoms. The molecule has 1 fully saturated rings. The molecule has 0 spiro atoms. The first kappa shape index (κ1) is 19.9. The second-order valence-electron chi connectivity index (χ2n) is 7.61. The van der Waals surface area contributed by atoms with Crippen LogP contribution in [0.1, 0.15) is 24.3 Å². The van der Waals surface area contributed by atoms with E-state index in [-0.39, 0.29) is 0 Å². The minimum Gasteiger partial charge on any atom is -0.492 e. The highest BCUT2D eigenvalue weighted by molar-refractivity contribution is 7.19. The van der Waals surface area contributed by atoms with Crippen LogP contribution in [0.3, 0.4) is 0 Å². The minimum atomic E-state index is 0.536. The van der Waals surface area contributed by atoms with Crippen molar-refractivity contribution >= 4 is 21.8 Å². The van der Waals surface area contributed by atoms with Crippen LogP contribution in [0, 0.1) is 0 Å². The molecule has 1 aliphatic rings. The summed E-state index contributed by atoms with van der Waals surface area (Å²) in [5.74, 6) is 2.25. The Morgan fingerprint density at radius 3 is 2.42 bits per heavy atom. The molecule has 0 saturated carbocycles. The van der Waals surface area contributed by atoms with E-state index >= 15 is 0 Å². The Hall–Kier alpha value is -3.03. The van der Waals surface area contributed by atoms with Crippen molar-refractivity contribution in [1.29, 1.82) is 0 Å². The van der Waals surface area contributed by atoms with Crippen LogP contribution in [0.25, 0.3) is 10.5 Å². The summed E-state index contributed by atoms with van der Waals surface area (Å²) in [4.78, 5) is 16.0. The van der Waals surface area contributed by atoms with E-state index in [1.54, 1.807) is 12.4 Å². The predicted molar refractivity (Wildman–Crippen MR) is 122 cm³/mol. The van der Waals surface area contributed by atoms with Crippen LogP contribution in [0.4, 0.5) is 0 Å². The monoisotopic (exact) mass is 432 g/mol. The average molecular weight is 433 g/mol. The van der Waals surface area contributed by atoms with E-state index < -0.39 is 0 Å². The van der Waals surface area contributed by atoms with Gasteiger partial charge in [-0.2, -0.15) is 4.98 Å². The maximum atomic E-state index is 5.94. The molecular weight excluding hydrogens is 408 g/mol. The lowest BCUT2D eigenvalue weighted by atomic mass is 9.89. The Morgan fingerprint density at radius 1 is 0.903 bits per heavy atom. The van der Waals surface area contributed by atoms with Crippen LogP contribution in [0.2, 0.25) is 0 Å². The quantitative estimate of drug-likeness (QED) is 0.403. The lowest BCUT2D eigenvalue weighted by molar-refractivity contribution is 0.173. The Labute approximate surface area is 185 Å². The van der Waals surface area contributed by atoms with Gasteiger partial charge in [0.15, 0.2) is 10.5 Å². The Bertz CT molecular complexity index is 1080. The molecule has 0 N–H and O–H groups in total. The summed E-state index contributed by atoms with van der Waals surface area (Å²) in [5, 5.41) is 0.536. The standard InChI is InChI=1S/C24H24N4O2S/c1-2-4-18(5-3-1)19-10-14-28(15-11-19)16-17-29-20-6-8-21(9-7-20)30-24-27-22-23(31-24)26-13-12-25-22/h1-9,12-13,19H,10-11,14-17H2. The first-order valence-corrected chi connectivity index (χ1v) is 11.4. The fraction of sp³-hybridized carbons (Fsp3) is 0.292. The first-order chi connectivity index (χ1) is 15.3. The fourth-order valence-corrected chi connectivity index (χ4v) is 4.65. The van der Waals surface area contributed by atoms with Gasteiger partial charge in [0.25, 0.3) is 5.19 Å². The molecule has 0 radical (unpaired) electrons. The summed E-state index contributed by atoms with van der Waals surface area (Å²) >= 11 is 1.38. The Balaban J connectivity index is 1.07. The van der Waals surface area contributed by atoms with Crippen molar-refractivity contribution in [2.45, 2.75) is 18.8 Å². The van der Waals surface area contributed by atoms with Crippen molar-refractivity contribution in [1.82, 2.24) is 19.9 Å². The molecule has 0 unspecified atom stereocenters. The normalized spacial score (nSPS) is 15.2. The summed E-state index contributed by atoms with van der Waals surface area (Å²) in [6.45, 7) is 3.89. The SMILES string of the molecule is c1ccc(C2CCN(CCOc3ccc(Oc4nc5nccnc5s4)cc3)CC2)cc1. The van der Waals surface area contributed by atoms with Gasteiger partial charge >= 0.3 is 0 Å². The lowest BCUT2D eigenvalue weighted by Crippen LogP contribution is -2.35. The topological polar surface area (TPSA) is 60.4 Å². The highest BCUT2D eigenvalue weighted by atomic mass is 32.1. The fourth-order valence-electron chi connectivity index (χ4n) is 3.91. The van der Waals surface area contributed by atoms with Crippen LogP contribution in [-0.2, 0) is 0 Å². The molecule has 6 nitrogen and oxygen atoms in total. The molecule has 5 rings (SSSR count). The average Bonchev–Trinajstić information content (AvgIpc) is 3.24. The van der Waals surface area contributed by atoms with Gasteiger partial charge in [-0.25, -0.2) is 9.97 Å². The summed E-state index contributed by atoms with van der Waals surface area (Å²) < 4.78 is 11.8. The third kappa shape index (κ3) is 5.00. The number of aromatic nitrogens is 3. The van der Waals surface area contributed by atoms with Crippen molar-refractivity contribution < 1.29 is 9.47 Å². The van der Waals surface area contributed by atoms with Crippen LogP contribution in [-0.4, -0.2) is 46.1 Å². The zero-order valence-electron chi connectivity index (χ0n) is 17.2. The Kier molecular flexibility index (Phi) is 6.04. The zero-order valence-corrected chi connectivity index (χ0v) is 18.0. The number of nitrogens with zero attached hydrogens (tertiary/aromatic N) is 4. The zero-order chi connectivity index (χ0) is 20.9. The van der Waals surface area contributed by atoms with Crippen molar-refractivity contribution in [3.63, 3.8) is 0 Å². The molecule has 0 bridgehead atoms. The molecule has 31 heavy (non-hydrogen) atoms. The molecule has 1 aliphatic heterocycles. The number of fused-ring (bicyclic) bond motifs is 1. The number of rotatable bonds is 7. The van der Waals surface area contributed by atoms with E-state index in [2.05, 4.69) is 50.2 Å². The van der Waals surface area contributed by atoms with E-state index in [9.17, 15) is 0 Å². The number of likely N-dealkylation sites (tertiary alicyclic amines) is 1. The number of hydrogen-bond acceptors (Lipinski definition) is 7. The van der Waals surface area contributed by atoms with Gasteiger partial charge in [0.1, 0.15) is 18.1 Å². The maximum absolute atomic E-state index is 5.94. The largest absolute Gasteiger partial charge is 0.492 e. The lowest BCUT2D eigenvalue weighted by Gasteiger charge is -2.32. The molecule has 158 valence electrons. The van der Waals surface area contributed by atoms with Crippen molar-refractivity contribution in [2.75, 3.05) is 26.2 Å². The van der Waals surface area contributed by atoms with Crippen LogP contribution < -0.4 is 9.47 Å².